The third-order valence-electron chi connectivity index (χ3n) is 8.55. The molecule has 0 unspecified atom stereocenters. The Balaban J connectivity index is 1.39. The van der Waals surface area contributed by atoms with Gasteiger partial charge in [0.1, 0.15) is 11.8 Å². The number of aliphatic hydroxyl groups is 1. The van der Waals surface area contributed by atoms with E-state index in [2.05, 4.69) is 10.6 Å². The van der Waals surface area contributed by atoms with Crippen molar-refractivity contribution in [1.29, 1.82) is 0 Å². The zero-order valence-corrected chi connectivity index (χ0v) is 26.9. The number of aryl methyl sites for hydroxylation is 2. The summed E-state index contributed by atoms with van der Waals surface area (Å²) in [6, 6.07) is 13.9. The van der Waals surface area contributed by atoms with Crippen molar-refractivity contribution in [1.82, 2.24) is 15.5 Å². The largest absolute Gasteiger partial charge is 0.508 e. The Bertz CT molecular complexity index is 1610. The molecule has 3 amide bonds. The van der Waals surface area contributed by atoms with E-state index in [0.717, 1.165) is 16.7 Å². The second kappa shape index (κ2) is 13.0. The van der Waals surface area contributed by atoms with Crippen molar-refractivity contribution in [2.75, 3.05) is 12.7 Å². The SMILES string of the molecule is Cc1cccc(C)c1CNC(=O)[C@H]1N(C(=O)[C@@H](O)[C@H](Cc2ccc3c(c2)OCO3)NC(=O)c2cccc(O)c2C)CSC1(C)C. The molecular weight excluding hydrogens is 594 g/mol. The Morgan fingerprint density at radius 3 is 2.44 bits per heavy atom. The van der Waals surface area contributed by atoms with Crippen molar-refractivity contribution < 1.29 is 34.1 Å². The summed E-state index contributed by atoms with van der Waals surface area (Å²) in [6.07, 6.45) is -1.60. The summed E-state index contributed by atoms with van der Waals surface area (Å²) in [4.78, 5) is 42.5. The lowest BCUT2D eigenvalue weighted by atomic mass is 9.96. The van der Waals surface area contributed by atoms with E-state index in [9.17, 15) is 24.6 Å². The molecule has 238 valence electrons. The first kappa shape index (κ1) is 32.2. The minimum atomic E-state index is -1.68. The molecule has 0 aromatic heterocycles. The van der Waals surface area contributed by atoms with Gasteiger partial charge in [-0.05, 0) is 87.6 Å². The van der Waals surface area contributed by atoms with Crippen molar-refractivity contribution in [3.05, 3.63) is 88.0 Å². The van der Waals surface area contributed by atoms with Crippen LogP contribution in [0.2, 0.25) is 0 Å². The molecule has 10 nitrogen and oxygen atoms in total. The summed E-state index contributed by atoms with van der Waals surface area (Å²) < 4.78 is 10.3. The average molecular weight is 634 g/mol. The van der Waals surface area contributed by atoms with E-state index >= 15 is 0 Å². The van der Waals surface area contributed by atoms with Crippen molar-refractivity contribution in [2.45, 2.75) is 70.5 Å². The second-order valence-electron chi connectivity index (χ2n) is 12.0. The van der Waals surface area contributed by atoms with Crippen LogP contribution in [0.3, 0.4) is 0 Å². The molecule has 11 heteroatoms. The number of carbonyl (C=O) groups is 3. The molecule has 3 aromatic carbocycles. The first-order valence-electron chi connectivity index (χ1n) is 14.8. The zero-order valence-electron chi connectivity index (χ0n) is 26.0. The van der Waals surface area contributed by atoms with Gasteiger partial charge in [-0.25, -0.2) is 0 Å². The summed E-state index contributed by atoms with van der Waals surface area (Å²) in [5.41, 5.74) is 4.41. The molecule has 0 bridgehead atoms. The second-order valence-corrected chi connectivity index (χ2v) is 13.6. The lowest BCUT2D eigenvalue weighted by Gasteiger charge is -2.33. The van der Waals surface area contributed by atoms with Gasteiger partial charge in [0.2, 0.25) is 12.7 Å². The van der Waals surface area contributed by atoms with Crippen LogP contribution in [0.1, 0.15) is 52.0 Å². The number of hydrogen-bond acceptors (Lipinski definition) is 8. The smallest absolute Gasteiger partial charge is 0.254 e. The lowest BCUT2D eigenvalue weighted by Crippen LogP contribution is -2.58. The topological polar surface area (TPSA) is 137 Å². The van der Waals surface area contributed by atoms with Gasteiger partial charge in [-0.15, -0.1) is 11.8 Å². The van der Waals surface area contributed by atoms with E-state index in [-0.39, 0.29) is 36.3 Å². The quantitative estimate of drug-likeness (QED) is 0.280. The van der Waals surface area contributed by atoms with E-state index < -0.39 is 34.7 Å². The fraction of sp³-hybridized carbons (Fsp3) is 0.382. The maximum Gasteiger partial charge on any atom is 0.254 e. The molecular formula is C34H39N3O7S. The van der Waals surface area contributed by atoms with Gasteiger partial charge in [0.25, 0.3) is 11.8 Å². The summed E-state index contributed by atoms with van der Waals surface area (Å²) >= 11 is 1.45. The Morgan fingerprint density at radius 1 is 1.02 bits per heavy atom. The fourth-order valence-corrected chi connectivity index (χ4v) is 6.97. The highest BCUT2D eigenvalue weighted by Crippen LogP contribution is 2.40. The van der Waals surface area contributed by atoms with E-state index in [1.807, 2.05) is 45.9 Å². The van der Waals surface area contributed by atoms with E-state index in [1.54, 1.807) is 37.3 Å². The first-order chi connectivity index (χ1) is 21.4. The van der Waals surface area contributed by atoms with Crippen LogP contribution in [-0.2, 0) is 22.6 Å². The molecule has 45 heavy (non-hydrogen) atoms. The number of phenols is 1. The average Bonchev–Trinajstić information content (AvgIpc) is 3.60. The molecule has 0 radical (unpaired) electrons. The molecule has 0 spiro atoms. The predicted octanol–water partition coefficient (Wildman–Crippen LogP) is 3.74. The van der Waals surface area contributed by atoms with Crippen molar-refractivity contribution in [2.24, 2.45) is 0 Å². The molecule has 2 aliphatic heterocycles. The van der Waals surface area contributed by atoms with Gasteiger partial charge >= 0.3 is 0 Å². The number of nitrogens with one attached hydrogen (secondary N) is 2. The van der Waals surface area contributed by atoms with E-state index in [0.29, 0.717) is 29.2 Å². The van der Waals surface area contributed by atoms with Gasteiger partial charge < -0.3 is 35.2 Å². The van der Waals surface area contributed by atoms with Gasteiger partial charge in [-0.2, -0.15) is 0 Å². The number of hydrogen-bond donors (Lipinski definition) is 4. The molecule has 0 saturated carbocycles. The van der Waals surface area contributed by atoms with Crippen molar-refractivity contribution in [3.8, 4) is 17.2 Å². The van der Waals surface area contributed by atoms with Crippen LogP contribution in [0.25, 0.3) is 0 Å². The minimum Gasteiger partial charge on any atom is -0.508 e. The number of nitrogens with zero attached hydrogens (tertiary/aromatic N) is 1. The van der Waals surface area contributed by atoms with Crippen molar-refractivity contribution in [3.63, 3.8) is 0 Å². The Labute approximate surface area is 267 Å². The molecule has 2 aliphatic rings. The van der Waals surface area contributed by atoms with Crippen LogP contribution in [0.4, 0.5) is 0 Å². The Morgan fingerprint density at radius 2 is 1.71 bits per heavy atom. The molecule has 1 saturated heterocycles. The lowest BCUT2D eigenvalue weighted by molar-refractivity contribution is -0.147. The van der Waals surface area contributed by atoms with Crippen LogP contribution in [0.5, 0.6) is 17.2 Å². The Hall–Kier alpha value is -4.22. The number of rotatable bonds is 9. The number of benzene rings is 3. The Kier molecular flexibility index (Phi) is 9.31. The van der Waals surface area contributed by atoms with E-state index in [1.165, 1.54) is 22.7 Å². The van der Waals surface area contributed by atoms with Crippen LogP contribution in [-0.4, -0.2) is 68.4 Å². The zero-order chi connectivity index (χ0) is 32.5. The third kappa shape index (κ3) is 6.74. The predicted molar refractivity (Wildman–Crippen MR) is 171 cm³/mol. The number of aliphatic hydroxyl groups excluding tert-OH is 1. The number of fused-ring (bicyclic) bond motifs is 1. The number of ether oxygens (including phenoxy) is 2. The number of phenolic OH excluding ortho intramolecular Hbond substituents is 1. The summed E-state index contributed by atoms with van der Waals surface area (Å²) in [6.45, 7) is 9.79. The summed E-state index contributed by atoms with van der Waals surface area (Å²) in [5.74, 6) is -0.282. The standard InChI is InChI=1S/C34H39N3O7S/c1-19-8-6-9-20(2)24(19)16-35-32(41)30-34(4,5)45-17-37(30)33(42)29(39)25(14-22-12-13-27-28(15-22)44-18-43-27)36-31(40)23-10-7-11-26(38)21(23)3/h6-13,15,25,29-30,38-39H,14,16-18H2,1-5H3,(H,35,41)(H,36,40)/t25-,29-,30+/m0/s1. The van der Waals surface area contributed by atoms with Gasteiger partial charge in [-0.1, -0.05) is 30.3 Å². The third-order valence-corrected chi connectivity index (χ3v) is 9.93. The highest BCUT2D eigenvalue weighted by atomic mass is 32.2. The highest BCUT2D eigenvalue weighted by Gasteiger charge is 2.49. The maximum absolute atomic E-state index is 14.0. The van der Waals surface area contributed by atoms with Crippen LogP contribution in [0, 0.1) is 20.8 Å². The molecule has 2 heterocycles. The van der Waals surface area contributed by atoms with Gasteiger partial charge in [0.15, 0.2) is 17.6 Å². The van der Waals surface area contributed by atoms with Gasteiger partial charge in [-0.3, -0.25) is 14.4 Å². The number of aromatic hydroxyl groups is 1. The maximum atomic E-state index is 14.0. The van der Waals surface area contributed by atoms with Crippen molar-refractivity contribution >= 4 is 29.5 Å². The molecule has 5 rings (SSSR count). The van der Waals surface area contributed by atoms with Crippen LogP contribution >= 0.6 is 11.8 Å². The minimum absolute atomic E-state index is 0.0438. The van der Waals surface area contributed by atoms with Crippen LogP contribution in [0.15, 0.2) is 54.6 Å². The molecule has 3 aromatic rings. The molecule has 3 atom stereocenters. The number of thioether (sulfide) groups is 1. The van der Waals surface area contributed by atoms with Gasteiger partial charge in [0, 0.05) is 22.4 Å². The normalized spacial score (nSPS) is 17.9. The summed E-state index contributed by atoms with van der Waals surface area (Å²) in [5, 5.41) is 27.6. The molecule has 0 aliphatic carbocycles. The van der Waals surface area contributed by atoms with E-state index in [4.69, 9.17) is 9.47 Å². The molecule has 1 fully saturated rings. The fourth-order valence-electron chi connectivity index (χ4n) is 5.83. The number of amides is 3. The van der Waals surface area contributed by atoms with Gasteiger partial charge in [0.05, 0.1) is 11.9 Å². The van der Waals surface area contributed by atoms with Crippen LogP contribution < -0.4 is 20.1 Å². The highest BCUT2D eigenvalue weighted by molar-refractivity contribution is 8.00. The first-order valence-corrected chi connectivity index (χ1v) is 15.8. The number of carbonyl (C=O) groups excluding carboxylic acids is 3. The summed E-state index contributed by atoms with van der Waals surface area (Å²) in [7, 11) is 0. The molecule has 4 N–H and O–H groups in total. The monoisotopic (exact) mass is 633 g/mol.